The monoisotopic (exact) mass is 940 g/mol. The first-order valence-corrected chi connectivity index (χ1v) is 24.1. The second kappa shape index (κ2) is 19.2. The predicted molar refractivity (Wildman–Crippen MR) is 253 cm³/mol. The number of halogens is 1. The van der Waals surface area contributed by atoms with Gasteiger partial charge >= 0.3 is 0 Å². The zero-order valence-electron chi connectivity index (χ0n) is 36.9. The molecule has 6 heterocycles. The van der Waals surface area contributed by atoms with Crippen LogP contribution in [0, 0.1) is 10.1 Å². The fourth-order valence-electron chi connectivity index (χ4n) is 9.01. The van der Waals surface area contributed by atoms with E-state index in [2.05, 4.69) is 50.8 Å². The van der Waals surface area contributed by atoms with Crippen molar-refractivity contribution in [2.75, 3.05) is 94.0 Å². The van der Waals surface area contributed by atoms with Crippen molar-refractivity contribution < 1.29 is 37.1 Å². The third-order valence-electron chi connectivity index (χ3n) is 12.4. The van der Waals surface area contributed by atoms with Crippen LogP contribution in [-0.4, -0.2) is 125 Å². The van der Waals surface area contributed by atoms with Gasteiger partial charge in [-0.3, -0.25) is 19.8 Å². The maximum absolute atomic E-state index is 14.4. The van der Waals surface area contributed by atoms with E-state index in [0.29, 0.717) is 87.0 Å². The van der Waals surface area contributed by atoms with Crippen LogP contribution in [0.25, 0.3) is 16.6 Å². The highest BCUT2D eigenvalue weighted by Crippen LogP contribution is 2.41. The topological polar surface area (TPSA) is 194 Å². The molecule has 66 heavy (non-hydrogen) atoms. The summed E-state index contributed by atoms with van der Waals surface area (Å²) in [6, 6.07) is 20.8. The van der Waals surface area contributed by atoms with Gasteiger partial charge in [0.25, 0.3) is 21.6 Å². The zero-order valence-corrected chi connectivity index (χ0v) is 38.5. The molecule has 19 heteroatoms. The molecule has 0 bridgehead atoms. The molecular weight excluding hydrogens is 888 g/mol. The Labute approximate surface area is 388 Å². The Morgan fingerprint density at radius 2 is 1.79 bits per heavy atom. The lowest BCUT2D eigenvalue weighted by molar-refractivity contribution is -0.384. The van der Waals surface area contributed by atoms with Gasteiger partial charge in [0, 0.05) is 80.6 Å². The standard InChI is InChI=1S/C47H53ClN8O9S/c1-47(2)27-39(31-4-6-34(48)7-5-31)33(13-21-65-47)29-53-16-18-54(19-17-53)35-8-10-38(41(25-35)55-15-3-20-64-46-43(55)24-32-12-14-49-44(32)51-46)45(57)52-66(60,61)37-9-11-40(42(26-37)56(58)59)50-28-36-30-62-22-23-63-36/h4-12,14,24-26,36,50H,3,13,15-23,27-30H2,1-2H3,(H,49,51)(H,52,57)/t36-/m0/s1. The van der Waals surface area contributed by atoms with E-state index in [9.17, 15) is 23.3 Å². The molecule has 0 saturated carbocycles. The zero-order chi connectivity index (χ0) is 46.0. The first-order valence-electron chi connectivity index (χ1n) is 22.2. The fourth-order valence-corrected chi connectivity index (χ4v) is 10.1. The number of pyridine rings is 1. The van der Waals surface area contributed by atoms with Crippen molar-refractivity contribution in [3.8, 4) is 5.88 Å². The van der Waals surface area contributed by atoms with E-state index in [0.717, 1.165) is 55.2 Å². The Kier molecular flexibility index (Phi) is 13.2. The Morgan fingerprint density at radius 3 is 2.56 bits per heavy atom. The van der Waals surface area contributed by atoms with E-state index in [4.69, 9.17) is 35.5 Å². The lowest BCUT2D eigenvalue weighted by Gasteiger charge is -2.37. The van der Waals surface area contributed by atoms with Crippen LogP contribution in [0.4, 0.5) is 28.4 Å². The van der Waals surface area contributed by atoms with Crippen LogP contribution in [0.1, 0.15) is 49.0 Å². The summed E-state index contributed by atoms with van der Waals surface area (Å²) in [4.78, 5) is 40.0. The van der Waals surface area contributed by atoms with Crippen LogP contribution in [0.5, 0.6) is 5.88 Å². The summed E-state index contributed by atoms with van der Waals surface area (Å²) >= 11 is 6.28. The average Bonchev–Trinajstić information content (AvgIpc) is 3.59. The molecule has 1 atom stereocenters. The Morgan fingerprint density at radius 1 is 0.970 bits per heavy atom. The third-order valence-corrected chi connectivity index (χ3v) is 14.0. The Bertz CT molecular complexity index is 2750. The molecule has 0 unspecified atom stereocenters. The van der Waals surface area contributed by atoms with Crippen LogP contribution < -0.4 is 24.6 Å². The highest BCUT2D eigenvalue weighted by molar-refractivity contribution is 7.90. The lowest BCUT2D eigenvalue weighted by Crippen LogP contribution is -2.47. The molecule has 3 N–H and O–H groups in total. The minimum absolute atomic E-state index is 0.0886. The average molecular weight is 942 g/mol. The molecule has 4 aliphatic heterocycles. The molecule has 348 valence electrons. The van der Waals surface area contributed by atoms with Gasteiger partial charge in [-0.15, -0.1) is 0 Å². The molecule has 2 fully saturated rings. The van der Waals surface area contributed by atoms with Crippen molar-refractivity contribution in [2.45, 2.75) is 49.7 Å². The summed E-state index contributed by atoms with van der Waals surface area (Å²) < 4.78 is 53.5. The summed E-state index contributed by atoms with van der Waals surface area (Å²) in [5, 5.41) is 16.7. The summed E-state index contributed by atoms with van der Waals surface area (Å²) in [6.07, 6.45) is 3.68. The number of sulfonamides is 1. The van der Waals surface area contributed by atoms with E-state index >= 15 is 0 Å². The SMILES string of the molecule is CC1(C)CC(c2ccc(Cl)cc2)=C(CN2CCN(c3ccc(C(=O)NS(=O)(=O)c4ccc(NC[C@H]5COCCO5)c([N+](=O)[O-])c4)c(N4CCCOc5nc6[nH]ccc6cc54)c3)CC2)CCO1. The number of amides is 1. The number of ether oxygens (including phenoxy) is 4. The number of anilines is 4. The number of carbonyl (C=O) groups excluding carboxylic acids is 1. The quantitative estimate of drug-likeness (QED) is 0.0843. The minimum Gasteiger partial charge on any atom is -0.476 e. The molecule has 3 aromatic carbocycles. The third kappa shape index (κ3) is 10.1. The number of aromatic amines is 1. The van der Waals surface area contributed by atoms with Crippen LogP contribution in [0.2, 0.25) is 5.02 Å². The van der Waals surface area contributed by atoms with Crippen molar-refractivity contribution in [1.29, 1.82) is 0 Å². The number of nitrogens with one attached hydrogen (secondary N) is 3. The molecule has 4 aliphatic rings. The van der Waals surface area contributed by atoms with Gasteiger partial charge in [0.2, 0.25) is 5.88 Å². The van der Waals surface area contributed by atoms with Crippen LogP contribution in [0.15, 0.2) is 89.5 Å². The minimum atomic E-state index is -4.60. The number of carbonyl (C=O) groups is 1. The number of aromatic nitrogens is 2. The number of rotatable bonds is 12. The molecule has 2 aromatic heterocycles. The predicted octanol–water partition coefficient (Wildman–Crippen LogP) is 7.16. The number of hydrogen-bond donors (Lipinski definition) is 3. The number of H-pyrrole nitrogens is 1. The summed E-state index contributed by atoms with van der Waals surface area (Å²) in [6.45, 7) is 11.0. The van der Waals surface area contributed by atoms with Crippen molar-refractivity contribution in [1.82, 2.24) is 19.6 Å². The van der Waals surface area contributed by atoms with Crippen LogP contribution in [0.3, 0.4) is 0 Å². The highest BCUT2D eigenvalue weighted by atomic mass is 35.5. The normalized spacial score (nSPS) is 19.4. The Balaban J connectivity index is 0.988. The van der Waals surface area contributed by atoms with Crippen LogP contribution in [-0.2, 0) is 24.2 Å². The van der Waals surface area contributed by atoms with Gasteiger partial charge in [-0.25, -0.2) is 13.1 Å². The number of piperazine rings is 1. The highest BCUT2D eigenvalue weighted by Gasteiger charge is 2.32. The number of hydrogen-bond acceptors (Lipinski definition) is 14. The Hall–Kier alpha value is -5.76. The van der Waals surface area contributed by atoms with Gasteiger partial charge in [0.15, 0.2) is 0 Å². The van der Waals surface area contributed by atoms with E-state index < -0.39 is 31.4 Å². The molecule has 9 rings (SSSR count). The van der Waals surface area contributed by atoms with Crippen LogP contribution >= 0.6 is 11.6 Å². The number of fused-ring (bicyclic) bond motifs is 2. The molecule has 5 aromatic rings. The van der Waals surface area contributed by atoms with Gasteiger partial charge in [-0.1, -0.05) is 23.7 Å². The molecule has 0 spiro atoms. The van der Waals surface area contributed by atoms with E-state index in [1.807, 2.05) is 41.3 Å². The van der Waals surface area contributed by atoms with E-state index in [1.165, 1.54) is 23.3 Å². The second-order valence-corrected chi connectivity index (χ2v) is 19.6. The number of nitro groups is 1. The van der Waals surface area contributed by atoms with Gasteiger partial charge in [-0.2, -0.15) is 4.98 Å². The molecule has 1 amide bonds. The molecule has 17 nitrogen and oxygen atoms in total. The first kappa shape index (κ1) is 45.4. The van der Waals surface area contributed by atoms with Crippen molar-refractivity contribution in [3.05, 3.63) is 111 Å². The smallest absolute Gasteiger partial charge is 0.293 e. The summed E-state index contributed by atoms with van der Waals surface area (Å²) in [5.41, 5.74) is 5.85. The molecule has 0 radical (unpaired) electrons. The molecule has 2 saturated heterocycles. The number of nitro benzene ring substituents is 1. The number of benzene rings is 3. The summed E-state index contributed by atoms with van der Waals surface area (Å²) in [7, 11) is -4.60. The second-order valence-electron chi connectivity index (χ2n) is 17.5. The maximum Gasteiger partial charge on any atom is 0.293 e. The fraction of sp³-hybridized carbons (Fsp3) is 0.404. The first-order chi connectivity index (χ1) is 31.8. The summed E-state index contributed by atoms with van der Waals surface area (Å²) in [5.74, 6) is -0.521. The van der Waals surface area contributed by atoms with Gasteiger partial charge in [-0.05, 0) is 98.0 Å². The van der Waals surface area contributed by atoms with Gasteiger partial charge < -0.3 is 39.0 Å². The lowest BCUT2D eigenvalue weighted by atomic mass is 9.89. The molecule has 0 aliphatic carbocycles. The molecular formula is C47H53ClN8O9S. The van der Waals surface area contributed by atoms with Crippen molar-refractivity contribution in [3.63, 3.8) is 0 Å². The van der Waals surface area contributed by atoms with Crippen molar-refractivity contribution in [2.24, 2.45) is 0 Å². The van der Waals surface area contributed by atoms with Crippen molar-refractivity contribution >= 4 is 72.6 Å². The van der Waals surface area contributed by atoms with E-state index in [-0.39, 0.29) is 29.5 Å². The number of nitrogens with zero attached hydrogens (tertiary/aromatic N) is 5. The largest absolute Gasteiger partial charge is 0.476 e. The van der Waals surface area contributed by atoms with Gasteiger partial charge in [0.05, 0.1) is 65.8 Å². The maximum atomic E-state index is 14.4. The van der Waals surface area contributed by atoms with Gasteiger partial charge in [0.1, 0.15) is 17.0 Å². The van der Waals surface area contributed by atoms with E-state index in [1.54, 1.807) is 12.3 Å².